The number of hydrogen-bond donors (Lipinski definition) is 4. The van der Waals surface area contributed by atoms with Crippen LogP contribution in [0, 0.1) is 0 Å². The van der Waals surface area contributed by atoms with Gasteiger partial charge in [0.2, 0.25) is 0 Å². The van der Waals surface area contributed by atoms with E-state index >= 15 is 0 Å². The summed E-state index contributed by atoms with van der Waals surface area (Å²) >= 11 is 0. The van der Waals surface area contributed by atoms with Crippen molar-refractivity contribution in [3.63, 3.8) is 0 Å². The zero-order valence-corrected chi connectivity index (χ0v) is 32.3. The van der Waals surface area contributed by atoms with Gasteiger partial charge in [0.05, 0.1) is 19.8 Å². The first kappa shape index (κ1) is 47.7. The van der Waals surface area contributed by atoms with E-state index in [1.165, 1.54) is 38.5 Å². The molecule has 6 atom stereocenters. The average molecular weight is 733 g/mol. The first-order valence-electron chi connectivity index (χ1n) is 20.0. The van der Waals surface area contributed by atoms with Gasteiger partial charge in [-0.15, -0.1) is 0 Å². The van der Waals surface area contributed by atoms with Gasteiger partial charge in [0.1, 0.15) is 30.5 Å². The lowest BCUT2D eigenvalue weighted by Crippen LogP contribution is -2.59. The Balaban J connectivity index is 2.34. The maximum atomic E-state index is 12.6. The molecule has 1 aliphatic rings. The quantitative estimate of drug-likeness (QED) is 0.0307. The van der Waals surface area contributed by atoms with Crippen LogP contribution < -0.4 is 0 Å². The van der Waals surface area contributed by atoms with Gasteiger partial charge in [-0.05, 0) is 57.8 Å². The van der Waals surface area contributed by atoms with E-state index in [2.05, 4.69) is 86.8 Å². The molecule has 0 aromatic heterocycles. The molecular weight excluding hydrogens is 660 g/mol. The van der Waals surface area contributed by atoms with Crippen molar-refractivity contribution in [2.75, 3.05) is 26.4 Å². The smallest absolute Gasteiger partial charge is 0.306 e. The molecule has 1 fully saturated rings. The van der Waals surface area contributed by atoms with Crippen LogP contribution in [-0.2, 0) is 23.7 Å². The van der Waals surface area contributed by atoms with Crippen LogP contribution in [0.4, 0.5) is 0 Å². The highest BCUT2D eigenvalue weighted by molar-refractivity contribution is 5.69. The molecular formula is C43H72O9. The summed E-state index contributed by atoms with van der Waals surface area (Å²) in [4.78, 5) is 12.6. The zero-order chi connectivity index (χ0) is 37.9. The molecule has 1 saturated heterocycles. The highest BCUT2D eigenvalue weighted by Gasteiger charge is 2.44. The topological polar surface area (TPSA) is 135 Å². The minimum atomic E-state index is -1.55. The summed E-state index contributed by atoms with van der Waals surface area (Å²) in [6.45, 7) is 4.24. The van der Waals surface area contributed by atoms with Crippen LogP contribution >= 0.6 is 0 Å². The van der Waals surface area contributed by atoms with Gasteiger partial charge in [0, 0.05) is 13.0 Å². The number of unbranched alkanes of at least 4 members (excludes halogenated alkanes) is 9. The van der Waals surface area contributed by atoms with Crippen molar-refractivity contribution in [1.29, 1.82) is 0 Å². The summed E-state index contributed by atoms with van der Waals surface area (Å²) < 4.78 is 22.6. The molecule has 6 unspecified atom stereocenters. The van der Waals surface area contributed by atoms with Crippen LogP contribution in [0.3, 0.4) is 0 Å². The van der Waals surface area contributed by atoms with Crippen LogP contribution in [-0.4, -0.2) is 89.6 Å². The Labute approximate surface area is 315 Å². The molecule has 52 heavy (non-hydrogen) atoms. The molecule has 9 heteroatoms. The lowest BCUT2D eigenvalue weighted by molar-refractivity contribution is -0.305. The highest BCUT2D eigenvalue weighted by Crippen LogP contribution is 2.22. The second-order valence-corrected chi connectivity index (χ2v) is 13.4. The Bertz CT molecular complexity index is 1020. The van der Waals surface area contributed by atoms with Gasteiger partial charge in [-0.3, -0.25) is 4.79 Å². The summed E-state index contributed by atoms with van der Waals surface area (Å²) in [5.74, 6) is -0.341. The number of hydrogen-bond acceptors (Lipinski definition) is 9. The Kier molecular flexibility index (Phi) is 31.5. The molecule has 1 heterocycles. The van der Waals surface area contributed by atoms with Crippen molar-refractivity contribution in [1.82, 2.24) is 0 Å². The van der Waals surface area contributed by atoms with Crippen LogP contribution in [0.25, 0.3) is 0 Å². The number of aliphatic hydroxyl groups excluding tert-OH is 4. The van der Waals surface area contributed by atoms with Crippen molar-refractivity contribution in [2.45, 2.75) is 166 Å². The fourth-order valence-corrected chi connectivity index (χ4v) is 5.51. The van der Waals surface area contributed by atoms with Gasteiger partial charge < -0.3 is 39.4 Å². The molecule has 0 spiro atoms. The Morgan fingerprint density at radius 1 is 0.635 bits per heavy atom. The summed E-state index contributed by atoms with van der Waals surface area (Å²) in [5, 5.41) is 39.9. The monoisotopic (exact) mass is 733 g/mol. The molecule has 0 aromatic rings. The maximum absolute atomic E-state index is 12.6. The minimum Gasteiger partial charge on any atom is -0.457 e. The second-order valence-electron chi connectivity index (χ2n) is 13.4. The normalized spacial score (nSPS) is 22.0. The number of rotatable bonds is 32. The first-order chi connectivity index (χ1) is 25.4. The van der Waals surface area contributed by atoms with Gasteiger partial charge in [-0.25, -0.2) is 0 Å². The van der Waals surface area contributed by atoms with E-state index in [0.29, 0.717) is 13.0 Å². The number of carbonyl (C=O) groups is 1. The lowest BCUT2D eigenvalue weighted by Gasteiger charge is -2.39. The Morgan fingerprint density at radius 2 is 1.15 bits per heavy atom. The number of aliphatic hydroxyl groups is 4. The van der Waals surface area contributed by atoms with Crippen LogP contribution in [0.5, 0.6) is 0 Å². The summed E-state index contributed by atoms with van der Waals surface area (Å²) in [6, 6.07) is 0. The van der Waals surface area contributed by atoms with Gasteiger partial charge in [-0.2, -0.15) is 0 Å². The van der Waals surface area contributed by atoms with Crippen molar-refractivity contribution in [3.05, 3.63) is 72.9 Å². The maximum Gasteiger partial charge on any atom is 0.306 e. The molecule has 298 valence electrons. The summed E-state index contributed by atoms with van der Waals surface area (Å²) in [5.41, 5.74) is 0. The average Bonchev–Trinajstić information content (AvgIpc) is 3.14. The molecule has 1 aliphatic heterocycles. The largest absolute Gasteiger partial charge is 0.457 e. The van der Waals surface area contributed by atoms with E-state index in [4.69, 9.17) is 18.9 Å². The van der Waals surface area contributed by atoms with Crippen molar-refractivity contribution >= 4 is 5.97 Å². The molecule has 4 N–H and O–H groups in total. The van der Waals surface area contributed by atoms with Crippen molar-refractivity contribution in [3.8, 4) is 0 Å². The molecule has 0 aromatic carbocycles. The van der Waals surface area contributed by atoms with Crippen LogP contribution in [0.15, 0.2) is 72.9 Å². The summed E-state index contributed by atoms with van der Waals surface area (Å²) in [7, 11) is 0. The number of allylic oxidation sites excluding steroid dienone is 12. The van der Waals surface area contributed by atoms with Crippen LogP contribution in [0.2, 0.25) is 0 Å². The first-order valence-corrected chi connectivity index (χ1v) is 20.0. The molecule has 0 amide bonds. The zero-order valence-electron chi connectivity index (χ0n) is 32.3. The van der Waals surface area contributed by atoms with Crippen molar-refractivity contribution < 1.29 is 44.2 Å². The van der Waals surface area contributed by atoms with Crippen molar-refractivity contribution in [2.24, 2.45) is 0 Å². The highest BCUT2D eigenvalue weighted by atomic mass is 16.7. The molecule has 9 nitrogen and oxygen atoms in total. The molecule has 0 bridgehead atoms. The van der Waals surface area contributed by atoms with Gasteiger partial charge >= 0.3 is 5.97 Å². The van der Waals surface area contributed by atoms with E-state index < -0.39 is 43.4 Å². The third-order valence-corrected chi connectivity index (χ3v) is 8.64. The van der Waals surface area contributed by atoms with E-state index in [1.807, 2.05) is 0 Å². The number of esters is 1. The summed E-state index contributed by atoms with van der Waals surface area (Å²) in [6.07, 6.45) is 36.6. The second kappa shape index (κ2) is 34.4. The lowest BCUT2D eigenvalue weighted by atomic mass is 9.99. The molecule has 0 saturated carbocycles. The van der Waals surface area contributed by atoms with E-state index in [0.717, 1.165) is 70.6 Å². The Morgan fingerprint density at radius 3 is 1.69 bits per heavy atom. The van der Waals surface area contributed by atoms with E-state index in [9.17, 15) is 25.2 Å². The fraction of sp³-hybridized carbons (Fsp3) is 0.698. The SMILES string of the molecule is CC/C=C\C/C=C\C/C=C\C/C=C\C/C=C\C/C=C\CCCOCC(COC1OC(CO)C(O)C(O)C1O)OC(=O)CCCCCCCCCCC. The van der Waals surface area contributed by atoms with Gasteiger partial charge in [0.15, 0.2) is 6.29 Å². The van der Waals surface area contributed by atoms with Gasteiger partial charge in [0.25, 0.3) is 0 Å². The molecule has 0 radical (unpaired) electrons. The third kappa shape index (κ3) is 25.6. The number of carbonyl (C=O) groups excluding carboxylic acids is 1. The fourth-order valence-electron chi connectivity index (χ4n) is 5.51. The van der Waals surface area contributed by atoms with E-state index in [-0.39, 0.29) is 19.2 Å². The molecule has 0 aliphatic carbocycles. The predicted molar refractivity (Wildman–Crippen MR) is 210 cm³/mol. The van der Waals surface area contributed by atoms with Crippen LogP contribution in [0.1, 0.15) is 129 Å². The standard InChI is InChI=1S/C43H72O9/c1-3-5-7-9-11-13-14-15-16-17-18-19-20-21-22-23-25-27-29-31-33-49-35-37(36-50-43-42(48)41(47)40(46)38(34-44)52-43)51-39(45)32-30-28-26-24-12-10-8-6-4-2/h5,7,11,13,15-16,18-19,21-22,25,27,37-38,40-44,46-48H,3-4,6,8-10,12,14,17,20,23-24,26,28-36H2,1-2H3/b7-5-,13-11-,16-15-,19-18-,22-21-,27-25-. The predicted octanol–water partition coefficient (Wildman–Crippen LogP) is 8.13. The van der Waals surface area contributed by atoms with E-state index in [1.54, 1.807) is 0 Å². The third-order valence-electron chi connectivity index (χ3n) is 8.64. The molecule has 1 rings (SSSR count). The van der Waals surface area contributed by atoms with Gasteiger partial charge in [-0.1, -0.05) is 138 Å². The number of ether oxygens (including phenoxy) is 4. The Hall–Kier alpha value is -2.37. The minimum absolute atomic E-state index is 0.102.